The molecule has 0 radical (unpaired) electrons. The summed E-state index contributed by atoms with van der Waals surface area (Å²) in [6.07, 6.45) is 4.93. The molecule has 1 fully saturated rings. The molecule has 2 N–H and O–H groups in total. The lowest BCUT2D eigenvalue weighted by molar-refractivity contribution is 0.0165. The normalized spacial score (nSPS) is 17.7. The van der Waals surface area contributed by atoms with Crippen LogP contribution in [0, 0.1) is 17.3 Å². The maximum absolute atomic E-state index is 12.2. The summed E-state index contributed by atoms with van der Waals surface area (Å²) in [5.74, 6) is 1.32. The van der Waals surface area contributed by atoms with Gasteiger partial charge in [0.25, 0.3) is 0 Å². The van der Waals surface area contributed by atoms with E-state index in [9.17, 15) is 4.79 Å². The van der Waals surface area contributed by atoms with Gasteiger partial charge >= 0.3 is 6.09 Å². The Morgan fingerprint density at radius 3 is 2.31 bits per heavy atom. The summed E-state index contributed by atoms with van der Waals surface area (Å²) in [6.45, 7) is 21.0. The highest BCUT2D eigenvalue weighted by molar-refractivity contribution is 5.68. The first-order chi connectivity index (χ1) is 12.0. The molecule has 0 saturated carbocycles. The fraction of sp³-hybridized carbons (Fsp3) is 0.857. The highest BCUT2D eigenvalue weighted by atomic mass is 16.6. The van der Waals surface area contributed by atoms with Gasteiger partial charge in [-0.2, -0.15) is 0 Å². The highest BCUT2D eigenvalue weighted by Gasteiger charge is 2.31. The summed E-state index contributed by atoms with van der Waals surface area (Å²) in [4.78, 5) is 14.1. The predicted molar refractivity (Wildman–Crippen MR) is 109 cm³/mol. The zero-order valence-electron chi connectivity index (χ0n) is 17.9. The Morgan fingerprint density at radius 2 is 1.81 bits per heavy atom. The van der Waals surface area contributed by atoms with Gasteiger partial charge < -0.3 is 20.3 Å². The third-order valence-electron chi connectivity index (χ3n) is 5.09. The molecule has 0 aromatic rings. The molecule has 1 atom stereocenters. The van der Waals surface area contributed by atoms with Crippen LogP contribution < -0.4 is 10.6 Å². The number of carbonyl (C=O) groups excluding carboxylic acids is 1. The number of likely N-dealkylation sites (tertiary alicyclic amines) is 1. The zero-order chi connectivity index (χ0) is 19.8. The predicted octanol–water partition coefficient (Wildman–Crippen LogP) is 4.01. The molecule has 26 heavy (non-hydrogen) atoms. The first kappa shape index (κ1) is 22.8. The molecule has 1 unspecified atom stereocenters. The van der Waals surface area contributed by atoms with Gasteiger partial charge in [-0.3, -0.25) is 0 Å². The van der Waals surface area contributed by atoms with Crippen LogP contribution in [0.2, 0.25) is 0 Å². The van der Waals surface area contributed by atoms with Crippen molar-refractivity contribution in [3.8, 4) is 0 Å². The van der Waals surface area contributed by atoms with Crippen LogP contribution in [-0.2, 0) is 4.74 Å². The summed E-state index contributed by atoms with van der Waals surface area (Å²) in [7, 11) is 0. The van der Waals surface area contributed by atoms with Crippen molar-refractivity contribution in [3.63, 3.8) is 0 Å². The highest BCUT2D eigenvalue weighted by Crippen LogP contribution is 2.34. The molecule has 0 aromatic heterocycles. The standard InChI is InChI=1S/C21H41N3O2/c1-8-22-11-12-23-16-18(20(2,3)4)15-17-9-13-24(14-10-17)19(25)26-21(5,6)7/h8,17-18,22-23H,1,9-16H2,2-7H3. The van der Waals surface area contributed by atoms with E-state index in [2.05, 4.69) is 38.0 Å². The van der Waals surface area contributed by atoms with Crippen LogP contribution in [0.25, 0.3) is 0 Å². The van der Waals surface area contributed by atoms with Crippen LogP contribution in [0.1, 0.15) is 60.8 Å². The minimum Gasteiger partial charge on any atom is -0.444 e. The fourth-order valence-electron chi connectivity index (χ4n) is 3.36. The van der Waals surface area contributed by atoms with Crippen molar-refractivity contribution in [2.24, 2.45) is 17.3 Å². The third-order valence-corrected chi connectivity index (χ3v) is 5.09. The van der Waals surface area contributed by atoms with E-state index in [0.717, 1.165) is 45.6 Å². The van der Waals surface area contributed by atoms with E-state index < -0.39 is 5.60 Å². The van der Waals surface area contributed by atoms with E-state index in [1.54, 1.807) is 6.20 Å². The van der Waals surface area contributed by atoms with Crippen LogP contribution in [0.15, 0.2) is 12.8 Å². The van der Waals surface area contributed by atoms with Gasteiger partial charge in [-0.15, -0.1) is 0 Å². The van der Waals surface area contributed by atoms with Crippen LogP contribution >= 0.6 is 0 Å². The Labute approximate surface area is 160 Å². The van der Waals surface area contributed by atoms with Gasteiger partial charge in [0.1, 0.15) is 5.60 Å². The SMILES string of the molecule is C=CNCCNCC(CC1CCN(C(=O)OC(C)(C)C)CC1)C(C)(C)C. The zero-order valence-corrected chi connectivity index (χ0v) is 17.9. The second-order valence-corrected chi connectivity index (χ2v) is 9.57. The monoisotopic (exact) mass is 367 g/mol. The summed E-state index contributed by atoms with van der Waals surface area (Å²) in [5, 5.41) is 6.70. The van der Waals surface area contributed by atoms with Crippen molar-refractivity contribution >= 4 is 6.09 Å². The van der Waals surface area contributed by atoms with Crippen molar-refractivity contribution in [2.45, 2.75) is 66.4 Å². The molecule has 1 amide bonds. The topological polar surface area (TPSA) is 53.6 Å². The Morgan fingerprint density at radius 1 is 1.19 bits per heavy atom. The maximum atomic E-state index is 12.2. The number of nitrogens with one attached hydrogen (secondary N) is 2. The molecule has 1 heterocycles. The molecule has 0 aromatic carbocycles. The lowest BCUT2D eigenvalue weighted by Crippen LogP contribution is -2.43. The molecule has 152 valence electrons. The second kappa shape index (κ2) is 10.2. The molecule has 1 saturated heterocycles. The van der Waals surface area contributed by atoms with Gasteiger partial charge in [-0.05, 0) is 70.0 Å². The Hall–Kier alpha value is -1.23. The molecule has 5 nitrogen and oxygen atoms in total. The molecule has 0 bridgehead atoms. The number of hydrogen-bond acceptors (Lipinski definition) is 4. The number of rotatable bonds is 8. The van der Waals surface area contributed by atoms with Gasteiger partial charge in [-0.1, -0.05) is 27.4 Å². The van der Waals surface area contributed by atoms with E-state index >= 15 is 0 Å². The number of nitrogens with zero attached hydrogens (tertiary/aromatic N) is 1. The maximum Gasteiger partial charge on any atom is 0.410 e. The van der Waals surface area contributed by atoms with Gasteiger partial charge in [0.15, 0.2) is 0 Å². The average molecular weight is 368 g/mol. The van der Waals surface area contributed by atoms with E-state index in [1.807, 2.05) is 25.7 Å². The van der Waals surface area contributed by atoms with Crippen LogP contribution in [0.5, 0.6) is 0 Å². The summed E-state index contributed by atoms with van der Waals surface area (Å²) >= 11 is 0. The van der Waals surface area contributed by atoms with Gasteiger partial charge in [-0.25, -0.2) is 4.79 Å². The molecular formula is C21H41N3O2. The lowest BCUT2D eigenvalue weighted by atomic mass is 9.74. The largest absolute Gasteiger partial charge is 0.444 e. The molecule has 0 aliphatic carbocycles. The third kappa shape index (κ3) is 8.93. The second-order valence-electron chi connectivity index (χ2n) is 9.57. The smallest absolute Gasteiger partial charge is 0.410 e. The summed E-state index contributed by atoms with van der Waals surface area (Å²) < 4.78 is 5.50. The Balaban J connectivity index is 2.43. The average Bonchev–Trinajstić information content (AvgIpc) is 2.51. The van der Waals surface area contributed by atoms with Crippen LogP contribution in [0.4, 0.5) is 4.79 Å². The van der Waals surface area contributed by atoms with Crippen molar-refractivity contribution in [1.82, 2.24) is 15.5 Å². The number of amides is 1. The first-order valence-corrected chi connectivity index (χ1v) is 10.1. The molecule has 1 rings (SSSR count). The number of piperidine rings is 1. The number of ether oxygens (including phenoxy) is 1. The fourth-order valence-corrected chi connectivity index (χ4v) is 3.36. The van der Waals surface area contributed by atoms with Crippen molar-refractivity contribution in [2.75, 3.05) is 32.7 Å². The molecule has 0 spiro atoms. The summed E-state index contributed by atoms with van der Waals surface area (Å²) in [5.41, 5.74) is -0.140. The number of carbonyl (C=O) groups is 1. The minimum atomic E-state index is -0.419. The van der Waals surface area contributed by atoms with Crippen molar-refractivity contribution in [1.29, 1.82) is 0 Å². The summed E-state index contributed by atoms with van der Waals surface area (Å²) in [6, 6.07) is 0. The minimum absolute atomic E-state index is 0.167. The Bertz CT molecular complexity index is 430. The van der Waals surface area contributed by atoms with Crippen molar-refractivity contribution < 1.29 is 9.53 Å². The molecule has 1 aliphatic rings. The van der Waals surface area contributed by atoms with Crippen LogP contribution in [-0.4, -0.2) is 49.3 Å². The Kier molecular flexibility index (Phi) is 8.94. The van der Waals surface area contributed by atoms with E-state index in [-0.39, 0.29) is 11.5 Å². The van der Waals surface area contributed by atoms with Crippen LogP contribution in [0.3, 0.4) is 0 Å². The van der Waals surface area contributed by atoms with E-state index in [4.69, 9.17) is 4.74 Å². The number of hydrogen-bond donors (Lipinski definition) is 2. The first-order valence-electron chi connectivity index (χ1n) is 10.1. The van der Waals surface area contributed by atoms with Gasteiger partial charge in [0.2, 0.25) is 0 Å². The quantitative estimate of drug-likeness (QED) is 0.637. The van der Waals surface area contributed by atoms with E-state index in [0.29, 0.717) is 11.8 Å². The molecule has 5 heteroatoms. The van der Waals surface area contributed by atoms with Gasteiger partial charge in [0, 0.05) is 26.2 Å². The van der Waals surface area contributed by atoms with E-state index in [1.165, 1.54) is 6.42 Å². The molecular weight excluding hydrogens is 326 g/mol. The van der Waals surface area contributed by atoms with Gasteiger partial charge in [0.05, 0.1) is 0 Å². The molecule has 1 aliphatic heterocycles. The van der Waals surface area contributed by atoms with Crippen molar-refractivity contribution in [3.05, 3.63) is 12.8 Å². The lowest BCUT2D eigenvalue weighted by Gasteiger charge is -2.38.